The van der Waals surface area contributed by atoms with Gasteiger partial charge in [-0.1, -0.05) is 41.6 Å². The van der Waals surface area contributed by atoms with Crippen LogP contribution in [0.15, 0.2) is 59.1 Å². The smallest absolute Gasteiger partial charge is 0.340 e. The van der Waals surface area contributed by atoms with E-state index in [0.717, 1.165) is 28.3 Å². The van der Waals surface area contributed by atoms with E-state index in [-0.39, 0.29) is 28.6 Å². The van der Waals surface area contributed by atoms with Crippen LogP contribution in [0.2, 0.25) is 0 Å². The zero-order valence-electron chi connectivity index (χ0n) is 19.2. The highest BCUT2D eigenvalue weighted by atomic mass is 19.1. The van der Waals surface area contributed by atoms with Crippen LogP contribution in [0.5, 0.6) is 5.75 Å². The monoisotopic (exact) mass is 462 g/mol. The van der Waals surface area contributed by atoms with Crippen molar-refractivity contribution in [2.75, 3.05) is 21.3 Å². The van der Waals surface area contributed by atoms with Gasteiger partial charge in [0.05, 0.1) is 32.0 Å². The maximum Gasteiger partial charge on any atom is 0.340 e. The molecule has 7 nitrogen and oxygen atoms in total. The number of methoxy groups -OCH3 is 3. The van der Waals surface area contributed by atoms with Gasteiger partial charge in [0.25, 0.3) is 5.89 Å². The normalized spacial score (nSPS) is 10.9. The van der Waals surface area contributed by atoms with Gasteiger partial charge in [0, 0.05) is 12.7 Å². The van der Waals surface area contributed by atoms with Crippen LogP contribution in [0.1, 0.15) is 21.5 Å². The van der Waals surface area contributed by atoms with E-state index in [4.69, 9.17) is 14.0 Å². The van der Waals surface area contributed by atoms with Crippen molar-refractivity contribution in [3.8, 4) is 39.7 Å². The summed E-state index contributed by atoms with van der Waals surface area (Å²) in [5.74, 6) is -1.01. The summed E-state index contributed by atoms with van der Waals surface area (Å²) in [4.78, 5) is 16.3. The largest absolute Gasteiger partial charge is 0.496 e. The number of nitrogens with zero attached hydrogens (tertiary/aromatic N) is 2. The van der Waals surface area contributed by atoms with Gasteiger partial charge in [-0.2, -0.15) is 4.98 Å². The Labute approximate surface area is 196 Å². The van der Waals surface area contributed by atoms with Gasteiger partial charge in [0.2, 0.25) is 5.82 Å². The molecule has 0 unspecified atom stereocenters. The lowest BCUT2D eigenvalue weighted by molar-refractivity contribution is 0.0595. The fraction of sp³-hybridized carbons (Fsp3) is 0.192. The van der Waals surface area contributed by atoms with E-state index in [0.29, 0.717) is 12.2 Å². The summed E-state index contributed by atoms with van der Waals surface area (Å²) in [6, 6.07) is 16.3. The SMILES string of the molecule is COCc1c(-c2nc(-c3cc(F)c(C(=O)OC)cc3OC)no2)ccc(-c2ccccc2)c1C. The van der Waals surface area contributed by atoms with E-state index < -0.39 is 11.8 Å². The Balaban J connectivity index is 1.79. The van der Waals surface area contributed by atoms with Gasteiger partial charge in [0.15, 0.2) is 0 Å². The zero-order valence-corrected chi connectivity index (χ0v) is 19.2. The van der Waals surface area contributed by atoms with Crippen LogP contribution in [-0.4, -0.2) is 37.4 Å². The fourth-order valence-corrected chi connectivity index (χ4v) is 3.82. The van der Waals surface area contributed by atoms with E-state index >= 15 is 0 Å². The summed E-state index contributed by atoms with van der Waals surface area (Å²) in [6.07, 6.45) is 0. The van der Waals surface area contributed by atoms with Crippen molar-refractivity contribution in [3.63, 3.8) is 0 Å². The average molecular weight is 462 g/mol. The van der Waals surface area contributed by atoms with Crippen molar-refractivity contribution in [3.05, 3.63) is 77.1 Å². The third kappa shape index (κ3) is 4.27. The molecule has 0 aliphatic heterocycles. The van der Waals surface area contributed by atoms with Crippen molar-refractivity contribution in [2.24, 2.45) is 0 Å². The van der Waals surface area contributed by atoms with Crippen LogP contribution in [0, 0.1) is 12.7 Å². The number of carbonyl (C=O) groups excluding carboxylic acids is 1. The molecule has 0 bridgehead atoms. The van der Waals surface area contributed by atoms with Gasteiger partial charge in [-0.05, 0) is 47.4 Å². The number of carbonyl (C=O) groups is 1. The van der Waals surface area contributed by atoms with Crippen LogP contribution in [0.4, 0.5) is 4.39 Å². The Bertz CT molecular complexity index is 1330. The van der Waals surface area contributed by atoms with Crippen molar-refractivity contribution in [1.29, 1.82) is 0 Å². The molecule has 0 aliphatic rings. The lowest BCUT2D eigenvalue weighted by Gasteiger charge is -2.14. The van der Waals surface area contributed by atoms with Gasteiger partial charge in [-0.15, -0.1) is 0 Å². The standard InChI is InChI=1S/C26H23FN2O5/c1-15-17(16-8-6-5-7-9-16)10-11-18(21(15)14-31-2)25-28-24(29-34-25)20-12-22(27)19(26(30)33-4)13-23(20)32-3/h5-13H,14H2,1-4H3. The van der Waals surface area contributed by atoms with Crippen LogP contribution < -0.4 is 4.74 Å². The Morgan fingerprint density at radius 1 is 1.00 bits per heavy atom. The molecule has 4 aromatic rings. The van der Waals surface area contributed by atoms with Crippen molar-refractivity contribution in [2.45, 2.75) is 13.5 Å². The molecule has 0 amide bonds. The second-order valence-electron chi connectivity index (χ2n) is 7.51. The molecule has 0 saturated carbocycles. The number of halogens is 1. The highest BCUT2D eigenvalue weighted by Crippen LogP contribution is 2.36. The van der Waals surface area contributed by atoms with Crippen LogP contribution in [0.3, 0.4) is 0 Å². The number of benzene rings is 3. The first-order valence-corrected chi connectivity index (χ1v) is 10.5. The summed E-state index contributed by atoms with van der Waals surface area (Å²) in [7, 11) is 4.20. The second kappa shape index (κ2) is 9.84. The molecule has 8 heteroatoms. The molecule has 4 rings (SSSR count). The maximum atomic E-state index is 14.6. The molecule has 174 valence electrons. The summed E-state index contributed by atoms with van der Waals surface area (Å²) >= 11 is 0. The van der Waals surface area contributed by atoms with Crippen LogP contribution in [0.25, 0.3) is 34.0 Å². The molecule has 0 N–H and O–H groups in total. The minimum atomic E-state index is -0.811. The van der Waals surface area contributed by atoms with Gasteiger partial charge in [-0.3, -0.25) is 0 Å². The first-order valence-electron chi connectivity index (χ1n) is 10.5. The quantitative estimate of drug-likeness (QED) is 0.337. The topological polar surface area (TPSA) is 83.7 Å². The predicted octanol–water partition coefficient (Wildman–Crippen LogP) is 5.46. The lowest BCUT2D eigenvalue weighted by Crippen LogP contribution is -2.06. The third-order valence-corrected chi connectivity index (χ3v) is 5.56. The highest BCUT2D eigenvalue weighted by Gasteiger charge is 2.23. The van der Waals surface area contributed by atoms with Crippen molar-refractivity contribution < 1.29 is 27.9 Å². The number of hydrogen-bond acceptors (Lipinski definition) is 7. The Hall–Kier alpha value is -4.04. The second-order valence-corrected chi connectivity index (χ2v) is 7.51. The van der Waals surface area contributed by atoms with Gasteiger partial charge >= 0.3 is 5.97 Å². The average Bonchev–Trinajstić information content (AvgIpc) is 3.35. The number of ether oxygens (including phenoxy) is 3. The van der Waals surface area contributed by atoms with E-state index in [2.05, 4.69) is 14.9 Å². The molecule has 0 atom stereocenters. The molecular weight excluding hydrogens is 439 g/mol. The summed E-state index contributed by atoms with van der Waals surface area (Å²) in [6.45, 7) is 2.35. The van der Waals surface area contributed by atoms with E-state index in [1.165, 1.54) is 20.3 Å². The molecule has 1 heterocycles. The van der Waals surface area contributed by atoms with Crippen molar-refractivity contribution >= 4 is 5.97 Å². The molecule has 0 spiro atoms. The van der Waals surface area contributed by atoms with Crippen LogP contribution >= 0.6 is 0 Å². The molecule has 0 aliphatic carbocycles. The van der Waals surface area contributed by atoms with E-state index in [1.807, 2.05) is 49.4 Å². The van der Waals surface area contributed by atoms with E-state index in [1.54, 1.807) is 7.11 Å². The van der Waals surface area contributed by atoms with Crippen molar-refractivity contribution in [1.82, 2.24) is 10.1 Å². The first kappa shape index (κ1) is 23.1. The van der Waals surface area contributed by atoms with Gasteiger partial charge < -0.3 is 18.7 Å². The Kier molecular flexibility index (Phi) is 6.70. The summed E-state index contributed by atoms with van der Waals surface area (Å²) < 4.78 is 35.5. The molecule has 0 fully saturated rings. The molecule has 0 saturated heterocycles. The highest BCUT2D eigenvalue weighted by molar-refractivity contribution is 5.91. The lowest BCUT2D eigenvalue weighted by atomic mass is 9.93. The molecule has 0 radical (unpaired) electrons. The summed E-state index contributed by atoms with van der Waals surface area (Å²) in [5.41, 5.74) is 4.78. The Morgan fingerprint density at radius 2 is 1.74 bits per heavy atom. The Morgan fingerprint density at radius 3 is 2.41 bits per heavy atom. The number of aromatic nitrogens is 2. The zero-order chi connectivity index (χ0) is 24.2. The fourth-order valence-electron chi connectivity index (χ4n) is 3.82. The third-order valence-electron chi connectivity index (χ3n) is 5.56. The number of rotatable bonds is 7. The minimum absolute atomic E-state index is 0.121. The molecular formula is C26H23FN2O5. The molecule has 34 heavy (non-hydrogen) atoms. The van der Waals surface area contributed by atoms with E-state index in [9.17, 15) is 9.18 Å². The molecule has 3 aromatic carbocycles. The maximum absolute atomic E-state index is 14.6. The first-order chi connectivity index (χ1) is 16.5. The summed E-state index contributed by atoms with van der Waals surface area (Å²) in [5, 5.41) is 4.03. The van der Waals surface area contributed by atoms with Crippen LogP contribution in [-0.2, 0) is 16.1 Å². The molecule has 1 aromatic heterocycles. The van der Waals surface area contributed by atoms with Gasteiger partial charge in [-0.25, -0.2) is 9.18 Å². The van der Waals surface area contributed by atoms with Gasteiger partial charge in [0.1, 0.15) is 11.6 Å². The minimum Gasteiger partial charge on any atom is -0.496 e. The predicted molar refractivity (Wildman–Crippen MR) is 124 cm³/mol. The number of esters is 1. The number of hydrogen-bond donors (Lipinski definition) is 0.